The highest BCUT2D eigenvalue weighted by molar-refractivity contribution is 5.76. The van der Waals surface area contributed by atoms with E-state index >= 15 is 0 Å². The predicted octanol–water partition coefficient (Wildman–Crippen LogP) is 1.10. The van der Waals surface area contributed by atoms with Crippen molar-refractivity contribution in [3.63, 3.8) is 0 Å². The molecule has 0 bridgehead atoms. The molecular formula is C18H28N4O2. The first-order valence-corrected chi connectivity index (χ1v) is 9.04. The van der Waals surface area contributed by atoms with Crippen LogP contribution in [0.25, 0.3) is 0 Å². The summed E-state index contributed by atoms with van der Waals surface area (Å²) in [4.78, 5) is 30.4. The number of aryl methyl sites for hydroxylation is 1. The number of amides is 1. The lowest BCUT2D eigenvalue weighted by Gasteiger charge is -2.35. The monoisotopic (exact) mass is 332 g/mol. The zero-order chi connectivity index (χ0) is 17.1. The predicted molar refractivity (Wildman–Crippen MR) is 92.9 cm³/mol. The summed E-state index contributed by atoms with van der Waals surface area (Å²) in [5.41, 5.74) is 1.68. The van der Waals surface area contributed by atoms with Gasteiger partial charge in [-0.2, -0.15) is 0 Å². The standard InChI is InChI=1S/C18H28N4O2/c1-13-14(2)20-12-22(18(13)24)11-15-5-7-21(8-6-15)10-16-3-4-17(23)19-9-16/h12,15-16H,3-11H2,1-2H3,(H,19,23). The van der Waals surface area contributed by atoms with Gasteiger partial charge in [0.15, 0.2) is 0 Å². The summed E-state index contributed by atoms with van der Waals surface area (Å²) in [7, 11) is 0. The number of rotatable bonds is 4. The average molecular weight is 332 g/mol. The second-order valence-corrected chi connectivity index (χ2v) is 7.37. The fraction of sp³-hybridized carbons (Fsp3) is 0.722. The van der Waals surface area contributed by atoms with Crippen LogP contribution in [0.3, 0.4) is 0 Å². The first-order chi connectivity index (χ1) is 11.5. The minimum atomic E-state index is 0.0999. The molecule has 132 valence electrons. The highest BCUT2D eigenvalue weighted by Gasteiger charge is 2.24. The van der Waals surface area contributed by atoms with Crippen molar-refractivity contribution in [1.82, 2.24) is 19.8 Å². The number of aromatic nitrogens is 2. The molecule has 1 aromatic heterocycles. The number of nitrogens with one attached hydrogen (secondary N) is 1. The maximum Gasteiger partial charge on any atom is 0.256 e. The molecule has 0 saturated carbocycles. The van der Waals surface area contributed by atoms with Crippen LogP contribution in [0.5, 0.6) is 0 Å². The van der Waals surface area contributed by atoms with Gasteiger partial charge in [-0.25, -0.2) is 4.98 Å². The lowest BCUT2D eigenvalue weighted by atomic mass is 9.93. The van der Waals surface area contributed by atoms with Gasteiger partial charge in [0.05, 0.1) is 6.33 Å². The first kappa shape index (κ1) is 17.1. The number of piperidine rings is 2. The molecule has 2 fully saturated rings. The van der Waals surface area contributed by atoms with E-state index in [1.807, 2.05) is 13.8 Å². The zero-order valence-electron chi connectivity index (χ0n) is 14.8. The van der Waals surface area contributed by atoms with Crippen molar-refractivity contribution >= 4 is 5.91 Å². The Hall–Kier alpha value is -1.69. The molecule has 1 amide bonds. The Morgan fingerprint density at radius 2 is 1.88 bits per heavy atom. The lowest BCUT2D eigenvalue weighted by Crippen LogP contribution is -2.44. The summed E-state index contributed by atoms with van der Waals surface area (Å²) in [5.74, 6) is 1.33. The van der Waals surface area contributed by atoms with Gasteiger partial charge < -0.3 is 10.2 Å². The normalized spacial score (nSPS) is 23.2. The Bertz CT molecular complexity index is 637. The van der Waals surface area contributed by atoms with Crippen LogP contribution in [0.4, 0.5) is 0 Å². The molecule has 0 spiro atoms. The van der Waals surface area contributed by atoms with Crippen molar-refractivity contribution in [3.8, 4) is 0 Å². The van der Waals surface area contributed by atoms with Crippen molar-refractivity contribution in [2.24, 2.45) is 11.8 Å². The summed E-state index contributed by atoms with van der Waals surface area (Å²) >= 11 is 0. The van der Waals surface area contributed by atoms with E-state index in [4.69, 9.17) is 0 Å². The van der Waals surface area contributed by atoms with Gasteiger partial charge in [0, 0.05) is 37.3 Å². The third-order valence-corrected chi connectivity index (χ3v) is 5.56. The molecule has 3 rings (SSSR count). The number of nitrogens with zero attached hydrogens (tertiary/aromatic N) is 3. The van der Waals surface area contributed by atoms with Crippen molar-refractivity contribution in [3.05, 3.63) is 27.9 Å². The lowest BCUT2D eigenvalue weighted by molar-refractivity contribution is -0.123. The summed E-state index contributed by atoms with van der Waals surface area (Å²) in [5, 5.41) is 2.97. The Labute approximate surface area is 143 Å². The number of hydrogen-bond donors (Lipinski definition) is 1. The maximum atomic E-state index is 12.3. The Kier molecular flexibility index (Phi) is 5.33. The van der Waals surface area contributed by atoms with Crippen LogP contribution in [0.1, 0.15) is 36.9 Å². The molecule has 2 aliphatic rings. The molecule has 3 heterocycles. The van der Waals surface area contributed by atoms with Crippen LogP contribution in [0.2, 0.25) is 0 Å². The van der Waals surface area contributed by atoms with E-state index in [0.717, 1.165) is 63.2 Å². The van der Waals surface area contributed by atoms with Crippen LogP contribution in [0.15, 0.2) is 11.1 Å². The molecule has 24 heavy (non-hydrogen) atoms. The van der Waals surface area contributed by atoms with Crippen LogP contribution >= 0.6 is 0 Å². The summed E-state index contributed by atoms with van der Waals surface area (Å²) < 4.78 is 1.78. The minimum Gasteiger partial charge on any atom is -0.356 e. The molecule has 6 heteroatoms. The first-order valence-electron chi connectivity index (χ1n) is 9.04. The summed E-state index contributed by atoms with van der Waals surface area (Å²) in [6, 6.07) is 0. The van der Waals surface area contributed by atoms with Crippen LogP contribution in [0, 0.1) is 25.7 Å². The fourth-order valence-electron chi connectivity index (χ4n) is 3.74. The Morgan fingerprint density at radius 3 is 2.54 bits per heavy atom. The molecular weight excluding hydrogens is 304 g/mol. The highest BCUT2D eigenvalue weighted by Crippen LogP contribution is 2.21. The fourth-order valence-corrected chi connectivity index (χ4v) is 3.74. The molecule has 0 radical (unpaired) electrons. The third kappa shape index (κ3) is 4.04. The van der Waals surface area contributed by atoms with E-state index in [9.17, 15) is 9.59 Å². The molecule has 0 aromatic carbocycles. The number of carbonyl (C=O) groups excluding carboxylic acids is 1. The molecule has 1 unspecified atom stereocenters. The van der Waals surface area contributed by atoms with E-state index < -0.39 is 0 Å². The third-order valence-electron chi connectivity index (χ3n) is 5.56. The van der Waals surface area contributed by atoms with Gasteiger partial charge in [0.1, 0.15) is 0 Å². The minimum absolute atomic E-state index is 0.0999. The van der Waals surface area contributed by atoms with Gasteiger partial charge >= 0.3 is 0 Å². The van der Waals surface area contributed by atoms with Gasteiger partial charge in [-0.1, -0.05) is 0 Å². The summed E-state index contributed by atoms with van der Waals surface area (Å²) in [6.07, 6.45) is 5.62. The largest absolute Gasteiger partial charge is 0.356 e. The molecule has 2 aliphatic heterocycles. The average Bonchev–Trinajstić information content (AvgIpc) is 2.59. The van der Waals surface area contributed by atoms with E-state index in [1.165, 1.54) is 0 Å². The van der Waals surface area contributed by atoms with E-state index in [-0.39, 0.29) is 11.5 Å². The van der Waals surface area contributed by atoms with Gasteiger partial charge in [-0.3, -0.25) is 14.2 Å². The second-order valence-electron chi connectivity index (χ2n) is 7.37. The van der Waals surface area contributed by atoms with Crippen molar-refractivity contribution in [2.45, 2.75) is 46.1 Å². The molecule has 2 saturated heterocycles. The van der Waals surface area contributed by atoms with Gasteiger partial charge in [-0.15, -0.1) is 0 Å². The Morgan fingerprint density at radius 1 is 1.12 bits per heavy atom. The molecule has 6 nitrogen and oxygen atoms in total. The summed E-state index contributed by atoms with van der Waals surface area (Å²) in [6.45, 7) is 8.59. The topological polar surface area (TPSA) is 67.2 Å². The number of carbonyl (C=O) groups is 1. The molecule has 1 aromatic rings. The molecule has 1 atom stereocenters. The number of hydrogen-bond acceptors (Lipinski definition) is 4. The zero-order valence-corrected chi connectivity index (χ0v) is 14.8. The Balaban J connectivity index is 1.48. The van der Waals surface area contributed by atoms with Crippen LogP contribution in [-0.4, -0.2) is 46.5 Å². The quantitative estimate of drug-likeness (QED) is 0.896. The van der Waals surface area contributed by atoms with E-state index in [2.05, 4.69) is 15.2 Å². The molecule has 1 N–H and O–H groups in total. The second kappa shape index (κ2) is 7.47. The maximum absolute atomic E-state index is 12.3. The molecule has 0 aliphatic carbocycles. The van der Waals surface area contributed by atoms with Crippen LogP contribution in [-0.2, 0) is 11.3 Å². The van der Waals surface area contributed by atoms with Gasteiger partial charge in [-0.05, 0) is 58.0 Å². The van der Waals surface area contributed by atoms with E-state index in [0.29, 0.717) is 18.3 Å². The van der Waals surface area contributed by atoms with Crippen molar-refractivity contribution < 1.29 is 4.79 Å². The van der Waals surface area contributed by atoms with Gasteiger partial charge in [0.25, 0.3) is 5.56 Å². The van der Waals surface area contributed by atoms with Crippen molar-refractivity contribution in [1.29, 1.82) is 0 Å². The van der Waals surface area contributed by atoms with Crippen molar-refractivity contribution in [2.75, 3.05) is 26.2 Å². The van der Waals surface area contributed by atoms with Gasteiger partial charge in [0.2, 0.25) is 5.91 Å². The number of likely N-dealkylation sites (tertiary alicyclic amines) is 1. The SMILES string of the molecule is Cc1ncn(CC2CCN(CC3CCC(=O)NC3)CC2)c(=O)c1C. The van der Waals surface area contributed by atoms with E-state index in [1.54, 1.807) is 10.9 Å². The van der Waals surface area contributed by atoms with Crippen LogP contribution < -0.4 is 10.9 Å². The smallest absolute Gasteiger partial charge is 0.256 e. The highest BCUT2D eigenvalue weighted by atomic mass is 16.1.